The molecule has 1 aliphatic heterocycles. The first-order valence-electron chi connectivity index (χ1n) is 9.78. The smallest absolute Gasteiger partial charge is 0.409 e. The third kappa shape index (κ3) is 6.33. The van der Waals surface area contributed by atoms with E-state index < -0.39 is 12.0 Å². The molecule has 0 atom stereocenters. The van der Waals surface area contributed by atoms with E-state index in [2.05, 4.69) is 25.3 Å². The van der Waals surface area contributed by atoms with Gasteiger partial charge >= 0.3 is 6.09 Å². The lowest BCUT2D eigenvalue weighted by Crippen LogP contribution is -2.56. The number of nitrogens with zero attached hydrogens (tertiary/aromatic N) is 3. The van der Waals surface area contributed by atoms with Crippen molar-refractivity contribution < 1.29 is 27.8 Å². The molecule has 2 heterocycles. The van der Waals surface area contributed by atoms with Crippen LogP contribution in [0.3, 0.4) is 0 Å². The molecule has 3 N–H and O–H groups in total. The average molecular weight is 438 g/mol. The number of hydrogen-bond donors (Lipinski definition) is 3. The van der Waals surface area contributed by atoms with Crippen molar-refractivity contribution in [3.63, 3.8) is 0 Å². The molecule has 10 nitrogen and oxygen atoms in total. The molecule has 0 spiro atoms. The Morgan fingerprint density at radius 3 is 2.68 bits per heavy atom. The van der Waals surface area contributed by atoms with Crippen molar-refractivity contribution >= 4 is 29.9 Å². The summed E-state index contributed by atoms with van der Waals surface area (Å²) in [5, 5.41) is 13.2. The van der Waals surface area contributed by atoms with E-state index >= 15 is 0 Å². The fourth-order valence-corrected chi connectivity index (χ4v) is 3.22. The quantitative estimate of drug-likeness (QED) is 0.417. The number of aromatic nitrogens is 2. The number of likely N-dealkylation sites (tertiary alicyclic amines) is 1. The van der Waals surface area contributed by atoms with Crippen LogP contribution in [-0.4, -0.2) is 71.2 Å². The highest BCUT2D eigenvalue weighted by atomic mass is 19.3. The van der Waals surface area contributed by atoms with Crippen LogP contribution in [0.5, 0.6) is 5.88 Å². The molecular formula is C19H24F2N6O4. The number of halogens is 2. The Labute approximate surface area is 177 Å². The Hall–Kier alpha value is -3.31. The zero-order chi connectivity index (χ0) is 22.4. The molecule has 1 aliphatic carbocycles. The highest BCUT2D eigenvalue weighted by molar-refractivity contribution is 6.32. The second kappa shape index (κ2) is 9.67. The van der Waals surface area contributed by atoms with Crippen LogP contribution in [-0.2, 0) is 9.53 Å². The molecule has 12 heteroatoms. The first-order valence-corrected chi connectivity index (χ1v) is 9.78. The van der Waals surface area contributed by atoms with E-state index in [1.165, 1.54) is 24.3 Å². The molecule has 2 fully saturated rings. The van der Waals surface area contributed by atoms with Crippen LogP contribution in [0, 0.1) is 5.41 Å². The van der Waals surface area contributed by atoms with E-state index in [9.17, 15) is 18.4 Å². The molecule has 1 amide bonds. The molecule has 1 aromatic heterocycles. The first kappa shape index (κ1) is 22.4. The molecule has 0 unspecified atom stereocenters. The molecule has 0 aromatic carbocycles. The van der Waals surface area contributed by atoms with Crippen molar-refractivity contribution in [3.8, 4) is 5.88 Å². The number of carbonyl (C=O) groups is 2. The van der Waals surface area contributed by atoms with Gasteiger partial charge < -0.3 is 25.0 Å². The molecule has 1 saturated heterocycles. The Morgan fingerprint density at radius 2 is 2.03 bits per heavy atom. The van der Waals surface area contributed by atoms with Gasteiger partial charge in [-0.15, -0.1) is 0 Å². The molecule has 0 bridgehead atoms. The predicted molar refractivity (Wildman–Crippen MR) is 108 cm³/mol. The lowest BCUT2D eigenvalue weighted by molar-refractivity contribution is -0.102. The minimum Gasteiger partial charge on any atom is -0.470 e. The van der Waals surface area contributed by atoms with E-state index in [0.29, 0.717) is 38.0 Å². The average Bonchev–Trinajstić information content (AvgIpc) is 2.71. The monoisotopic (exact) mass is 438 g/mol. The molecule has 0 radical (unpaired) electrons. The number of amides is 1. The van der Waals surface area contributed by atoms with E-state index in [1.54, 1.807) is 6.07 Å². The van der Waals surface area contributed by atoms with Gasteiger partial charge in [0.25, 0.3) is 0 Å². The lowest BCUT2D eigenvalue weighted by Gasteiger charge is -2.37. The summed E-state index contributed by atoms with van der Waals surface area (Å²) in [4.78, 5) is 32.0. The minimum atomic E-state index is -2.63. The lowest BCUT2D eigenvalue weighted by atomic mass is 9.92. The maximum absolute atomic E-state index is 13.4. The van der Waals surface area contributed by atoms with Gasteiger partial charge in [-0.25, -0.2) is 13.6 Å². The minimum absolute atomic E-state index is 0.139. The Morgan fingerprint density at radius 1 is 1.32 bits per heavy atom. The van der Waals surface area contributed by atoms with Crippen LogP contribution in [0.4, 0.5) is 25.3 Å². The van der Waals surface area contributed by atoms with Crippen LogP contribution < -0.4 is 15.4 Å². The van der Waals surface area contributed by atoms with Gasteiger partial charge in [0.15, 0.2) is 6.29 Å². The van der Waals surface area contributed by atoms with Gasteiger partial charge in [0.05, 0.1) is 25.9 Å². The molecule has 1 aromatic rings. The summed E-state index contributed by atoms with van der Waals surface area (Å²) in [6.45, 7) is 0.687. The largest absolute Gasteiger partial charge is 0.470 e. The maximum Gasteiger partial charge on any atom is 0.409 e. The molecule has 2 aliphatic rings. The van der Waals surface area contributed by atoms with Crippen LogP contribution in [0.15, 0.2) is 18.3 Å². The number of rotatable bonds is 8. The predicted octanol–water partition coefficient (Wildman–Crippen LogP) is 2.44. The third-order valence-electron chi connectivity index (χ3n) is 4.94. The van der Waals surface area contributed by atoms with E-state index in [4.69, 9.17) is 10.1 Å². The number of aldehydes is 1. The SMILES string of the molecule is COC(=O)N1CC(Oc2cc(NC3CCC(F)(F)CC3)nc(N/C=C\C(=N)C=O)n2)C1. The van der Waals surface area contributed by atoms with Crippen molar-refractivity contribution in [1.29, 1.82) is 5.41 Å². The highest BCUT2D eigenvalue weighted by Gasteiger charge is 2.35. The first-order chi connectivity index (χ1) is 14.8. The molecule has 168 valence electrons. The van der Waals surface area contributed by atoms with Crippen LogP contribution in [0.2, 0.25) is 0 Å². The Bertz CT molecular complexity index is 850. The number of hydrogen-bond acceptors (Lipinski definition) is 9. The molecule has 31 heavy (non-hydrogen) atoms. The normalized spacial score (nSPS) is 18.9. The molecule has 1 saturated carbocycles. The number of nitrogens with one attached hydrogen (secondary N) is 3. The van der Waals surface area contributed by atoms with E-state index in [0.717, 1.165) is 0 Å². The maximum atomic E-state index is 13.4. The second-order valence-corrected chi connectivity index (χ2v) is 7.36. The summed E-state index contributed by atoms with van der Waals surface area (Å²) >= 11 is 0. The third-order valence-corrected chi connectivity index (χ3v) is 4.94. The number of anilines is 2. The highest BCUT2D eigenvalue weighted by Crippen LogP contribution is 2.34. The van der Waals surface area contributed by atoms with Crippen LogP contribution in [0.25, 0.3) is 0 Å². The van der Waals surface area contributed by atoms with Gasteiger partial charge in [-0.2, -0.15) is 9.97 Å². The Kier molecular flexibility index (Phi) is 6.98. The fourth-order valence-electron chi connectivity index (χ4n) is 3.22. The number of methoxy groups -OCH3 is 1. The van der Waals surface area contributed by atoms with Gasteiger partial charge in [-0.1, -0.05) is 0 Å². The zero-order valence-corrected chi connectivity index (χ0v) is 16.9. The zero-order valence-electron chi connectivity index (χ0n) is 16.9. The summed E-state index contributed by atoms with van der Waals surface area (Å²) < 4.78 is 37.3. The van der Waals surface area contributed by atoms with Crippen molar-refractivity contribution in [1.82, 2.24) is 14.9 Å². The number of ether oxygens (including phenoxy) is 2. The summed E-state index contributed by atoms with van der Waals surface area (Å²) in [5.74, 6) is -1.87. The van der Waals surface area contributed by atoms with Gasteiger partial charge in [-0.3, -0.25) is 10.2 Å². The van der Waals surface area contributed by atoms with Gasteiger partial charge in [0.1, 0.15) is 11.9 Å². The fraction of sp³-hybridized carbons (Fsp3) is 0.526. The summed E-state index contributed by atoms with van der Waals surface area (Å²) in [5.41, 5.74) is -0.237. The number of carbonyl (C=O) groups excluding carboxylic acids is 2. The topological polar surface area (TPSA) is 130 Å². The van der Waals surface area contributed by atoms with Crippen molar-refractivity contribution in [2.45, 2.75) is 43.8 Å². The summed E-state index contributed by atoms with van der Waals surface area (Å²) in [6, 6.07) is 1.41. The molecule has 3 rings (SSSR count). The van der Waals surface area contributed by atoms with Crippen LogP contribution >= 0.6 is 0 Å². The van der Waals surface area contributed by atoms with Crippen LogP contribution in [0.1, 0.15) is 25.7 Å². The summed E-state index contributed by atoms with van der Waals surface area (Å²) in [6.07, 6.45) is 2.48. The summed E-state index contributed by atoms with van der Waals surface area (Å²) in [7, 11) is 1.30. The van der Waals surface area contributed by atoms with Gasteiger partial charge in [0.2, 0.25) is 17.8 Å². The van der Waals surface area contributed by atoms with Crippen molar-refractivity contribution in [3.05, 3.63) is 18.3 Å². The van der Waals surface area contributed by atoms with E-state index in [-0.39, 0.29) is 42.5 Å². The van der Waals surface area contributed by atoms with Gasteiger partial charge in [-0.05, 0) is 18.9 Å². The van der Waals surface area contributed by atoms with E-state index in [1.807, 2.05) is 0 Å². The number of allylic oxidation sites excluding steroid dienone is 1. The second-order valence-electron chi connectivity index (χ2n) is 7.36. The van der Waals surface area contributed by atoms with Crippen molar-refractivity contribution in [2.24, 2.45) is 0 Å². The number of alkyl halides is 2. The molecular weight excluding hydrogens is 414 g/mol. The standard InChI is InChI=1S/C19H24F2N6O4/c1-30-18(29)27-9-14(10-27)31-16-8-15(24-13-2-5-19(20,21)6-3-13)25-17(26-16)23-7-4-12(22)11-28/h4,7-8,11,13-14,22H,2-3,5-6,9-10H2,1H3,(H2,23,24,25,26)/b7-4-,22-12?. The van der Waals surface area contributed by atoms with Crippen molar-refractivity contribution in [2.75, 3.05) is 30.8 Å². The van der Waals surface area contributed by atoms with Gasteiger partial charge in [0, 0.05) is 31.1 Å². The Balaban J connectivity index is 1.68.